The number of benzene rings is 1. The number of rotatable bonds is 3. The van der Waals surface area contributed by atoms with E-state index in [-0.39, 0.29) is 5.88 Å². The zero-order valence-corrected chi connectivity index (χ0v) is 9.48. The predicted octanol–water partition coefficient (Wildman–Crippen LogP) is 2.39. The molecule has 82 valence electrons. The van der Waals surface area contributed by atoms with E-state index in [1.54, 1.807) is 6.07 Å². The third-order valence-corrected chi connectivity index (χ3v) is 2.43. The van der Waals surface area contributed by atoms with Gasteiger partial charge in [0.15, 0.2) is 0 Å². The Kier molecular flexibility index (Phi) is 3.37. The van der Waals surface area contributed by atoms with Crippen LogP contribution in [0.1, 0.15) is 17.1 Å². The summed E-state index contributed by atoms with van der Waals surface area (Å²) in [5.41, 5.74) is 7.77. The van der Waals surface area contributed by atoms with Gasteiger partial charge in [0.1, 0.15) is 11.6 Å². The number of nitrogens with zero attached hydrogens (tertiary/aromatic N) is 2. The predicted molar refractivity (Wildman–Crippen MR) is 65.2 cm³/mol. The first-order chi connectivity index (χ1) is 7.78. The second-order valence-electron chi connectivity index (χ2n) is 3.50. The fourth-order valence-electron chi connectivity index (χ4n) is 1.53. The maximum atomic E-state index is 5.69. The van der Waals surface area contributed by atoms with E-state index in [1.807, 2.05) is 18.2 Å². The largest absolute Gasteiger partial charge is 0.384 e. The highest BCUT2D eigenvalue weighted by Crippen LogP contribution is 2.10. The van der Waals surface area contributed by atoms with Crippen molar-refractivity contribution in [3.63, 3.8) is 0 Å². The van der Waals surface area contributed by atoms with Crippen molar-refractivity contribution in [1.29, 1.82) is 0 Å². The standard InChI is InChI=1S/C12H12ClN3/c13-8-12-15-10(7-11(14)16-12)6-9-4-2-1-3-5-9/h1-5,7H,6,8H2,(H2,14,15,16). The summed E-state index contributed by atoms with van der Waals surface area (Å²) in [6.45, 7) is 0. The van der Waals surface area contributed by atoms with Crippen molar-refractivity contribution in [2.45, 2.75) is 12.3 Å². The van der Waals surface area contributed by atoms with E-state index in [9.17, 15) is 0 Å². The van der Waals surface area contributed by atoms with Crippen LogP contribution in [-0.2, 0) is 12.3 Å². The van der Waals surface area contributed by atoms with Gasteiger partial charge in [0.2, 0.25) is 0 Å². The molecule has 16 heavy (non-hydrogen) atoms. The Morgan fingerprint density at radius 1 is 1.12 bits per heavy atom. The van der Waals surface area contributed by atoms with Crippen LogP contribution in [-0.4, -0.2) is 9.97 Å². The topological polar surface area (TPSA) is 51.8 Å². The molecule has 0 spiro atoms. The first kappa shape index (κ1) is 10.9. The van der Waals surface area contributed by atoms with Crippen molar-refractivity contribution in [2.24, 2.45) is 0 Å². The van der Waals surface area contributed by atoms with Crippen LogP contribution in [0.3, 0.4) is 0 Å². The molecule has 0 saturated carbocycles. The lowest BCUT2D eigenvalue weighted by Gasteiger charge is -2.04. The lowest BCUT2D eigenvalue weighted by Crippen LogP contribution is -2.02. The van der Waals surface area contributed by atoms with Gasteiger partial charge in [-0.2, -0.15) is 0 Å². The molecule has 1 heterocycles. The van der Waals surface area contributed by atoms with Crippen molar-refractivity contribution < 1.29 is 0 Å². The number of halogens is 1. The molecule has 4 heteroatoms. The van der Waals surface area contributed by atoms with Crippen molar-refractivity contribution >= 4 is 17.4 Å². The maximum Gasteiger partial charge on any atom is 0.145 e. The van der Waals surface area contributed by atoms with Gasteiger partial charge in [-0.15, -0.1) is 11.6 Å². The minimum absolute atomic E-state index is 0.285. The number of alkyl halides is 1. The van der Waals surface area contributed by atoms with Crippen LogP contribution in [0.5, 0.6) is 0 Å². The second kappa shape index (κ2) is 4.94. The molecule has 0 aliphatic carbocycles. The Bertz CT molecular complexity index is 471. The molecule has 1 aromatic carbocycles. The minimum Gasteiger partial charge on any atom is -0.384 e. The molecule has 0 aliphatic heterocycles. The molecule has 0 bridgehead atoms. The van der Waals surface area contributed by atoms with Crippen molar-refractivity contribution in [3.05, 3.63) is 53.5 Å². The Balaban J connectivity index is 2.24. The SMILES string of the molecule is Nc1cc(Cc2ccccc2)nc(CCl)n1. The van der Waals surface area contributed by atoms with Crippen LogP contribution in [0.4, 0.5) is 5.82 Å². The van der Waals surface area contributed by atoms with Crippen LogP contribution >= 0.6 is 11.6 Å². The van der Waals surface area contributed by atoms with E-state index in [0.29, 0.717) is 11.6 Å². The number of aromatic nitrogens is 2. The number of nitrogen functional groups attached to an aromatic ring is 1. The third-order valence-electron chi connectivity index (χ3n) is 2.19. The summed E-state index contributed by atoms with van der Waals surface area (Å²) in [4.78, 5) is 8.35. The summed E-state index contributed by atoms with van der Waals surface area (Å²) in [6.07, 6.45) is 0.747. The van der Waals surface area contributed by atoms with Gasteiger partial charge < -0.3 is 5.73 Å². The highest BCUT2D eigenvalue weighted by Gasteiger charge is 2.02. The van der Waals surface area contributed by atoms with Gasteiger partial charge in [-0.3, -0.25) is 0 Å². The quantitative estimate of drug-likeness (QED) is 0.829. The molecule has 0 atom stereocenters. The molecular weight excluding hydrogens is 222 g/mol. The van der Waals surface area contributed by atoms with Gasteiger partial charge in [-0.05, 0) is 5.56 Å². The Morgan fingerprint density at radius 3 is 2.56 bits per heavy atom. The summed E-state index contributed by atoms with van der Waals surface area (Å²) in [5.74, 6) is 1.33. The molecule has 0 unspecified atom stereocenters. The highest BCUT2D eigenvalue weighted by atomic mass is 35.5. The van der Waals surface area contributed by atoms with Gasteiger partial charge in [-0.25, -0.2) is 9.97 Å². The molecule has 2 N–H and O–H groups in total. The molecular formula is C12H12ClN3. The first-order valence-corrected chi connectivity index (χ1v) is 5.53. The van der Waals surface area contributed by atoms with Crippen LogP contribution in [0.15, 0.2) is 36.4 Å². The molecule has 0 fully saturated rings. The van der Waals surface area contributed by atoms with Gasteiger partial charge in [0, 0.05) is 12.5 Å². The lowest BCUT2D eigenvalue weighted by atomic mass is 10.1. The molecule has 0 saturated heterocycles. The minimum atomic E-state index is 0.285. The maximum absolute atomic E-state index is 5.69. The number of hydrogen-bond acceptors (Lipinski definition) is 3. The van der Waals surface area contributed by atoms with Crippen molar-refractivity contribution in [2.75, 3.05) is 5.73 Å². The summed E-state index contributed by atoms with van der Waals surface area (Å²) < 4.78 is 0. The molecule has 0 amide bonds. The van der Waals surface area contributed by atoms with Crippen LogP contribution < -0.4 is 5.73 Å². The third kappa shape index (κ3) is 2.70. The van der Waals surface area contributed by atoms with Crippen LogP contribution in [0.2, 0.25) is 0 Å². The van der Waals surface area contributed by atoms with Gasteiger partial charge in [-0.1, -0.05) is 30.3 Å². The van der Waals surface area contributed by atoms with E-state index in [0.717, 1.165) is 12.1 Å². The number of nitrogens with two attached hydrogens (primary N) is 1. The zero-order valence-electron chi connectivity index (χ0n) is 8.73. The Hall–Kier alpha value is -1.61. The Morgan fingerprint density at radius 2 is 1.88 bits per heavy atom. The second-order valence-corrected chi connectivity index (χ2v) is 3.76. The molecule has 2 aromatic rings. The lowest BCUT2D eigenvalue weighted by molar-refractivity contribution is 0.961. The highest BCUT2D eigenvalue weighted by molar-refractivity contribution is 6.16. The molecule has 2 rings (SSSR count). The average Bonchev–Trinajstić information content (AvgIpc) is 2.29. The number of anilines is 1. The van der Waals surface area contributed by atoms with Crippen LogP contribution in [0.25, 0.3) is 0 Å². The van der Waals surface area contributed by atoms with Crippen molar-refractivity contribution in [3.8, 4) is 0 Å². The monoisotopic (exact) mass is 233 g/mol. The fourth-order valence-corrected chi connectivity index (χ4v) is 1.65. The number of hydrogen-bond donors (Lipinski definition) is 1. The normalized spacial score (nSPS) is 10.3. The van der Waals surface area contributed by atoms with E-state index in [2.05, 4.69) is 22.1 Å². The van der Waals surface area contributed by atoms with Gasteiger partial charge in [0.05, 0.1) is 11.6 Å². The van der Waals surface area contributed by atoms with E-state index in [4.69, 9.17) is 17.3 Å². The molecule has 0 radical (unpaired) electrons. The fraction of sp³-hybridized carbons (Fsp3) is 0.167. The zero-order chi connectivity index (χ0) is 11.4. The van der Waals surface area contributed by atoms with Crippen molar-refractivity contribution in [1.82, 2.24) is 9.97 Å². The Labute approximate surface area is 99.3 Å². The molecule has 3 nitrogen and oxygen atoms in total. The van der Waals surface area contributed by atoms with Crippen LogP contribution in [0, 0.1) is 0 Å². The first-order valence-electron chi connectivity index (χ1n) is 5.00. The van der Waals surface area contributed by atoms with Gasteiger partial charge in [0.25, 0.3) is 0 Å². The van der Waals surface area contributed by atoms with E-state index >= 15 is 0 Å². The average molecular weight is 234 g/mol. The summed E-state index contributed by atoms with van der Waals surface area (Å²) >= 11 is 5.69. The summed E-state index contributed by atoms with van der Waals surface area (Å²) in [5, 5.41) is 0. The molecule has 0 aliphatic rings. The smallest absolute Gasteiger partial charge is 0.145 e. The van der Waals surface area contributed by atoms with E-state index in [1.165, 1.54) is 5.56 Å². The van der Waals surface area contributed by atoms with E-state index < -0.39 is 0 Å². The summed E-state index contributed by atoms with van der Waals surface area (Å²) in [7, 11) is 0. The summed E-state index contributed by atoms with van der Waals surface area (Å²) in [6, 6.07) is 11.9. The molecule has 1 aromatic heterocycles. The van der Waals surface area contributed by atoms with Gasteiger partial charge >= 0.3 is 0 Å².